The first-order valence-corrected chi connectivity index (χ1v) is 14.5. The molecular weight excluding hydrogens is 686 g/mol. The third kappa shape index (κ3) is 6.00. The number of H-pyrrole nitrogens is 4. The van der Waals surface area contributed by atoms with Crippen LogP contribution in [0, 0.1) is 0 Å². The molecule has 19 nitrogen and oxygen atoms in total. The zero-order chi connectivity index (χ0) is 33.6. The highest BCUT2D eigenvalue weighted by Crippen LogP contribution is 2.47. The summed E-state index contributed by atoms with van der Waals surface area (Å²) >= 11 is 3.29. The first kappa shape index (κ1) is 33.8. The van der Waals surface area contributed by atoms with E-state index in [1.54, 1.807) is 12.1 Å². The summed E-state index contributed by atoms with van der Waals surface area (Å²) in [7, 11) is 0. The van der Waals surface area contributed by atoms with E-state index in [9.17, 15) is 60.0 Å². The van der Waals surface area contributed by atoms with Gasteiger partial charge in [-0.3, -0.25) is 34.4 Å². The maximum atomic E-state index is 13.6. The fourth-order valence-electron chi connectivity index (χ4n) is 5.55. The molecule has 1 fully saturated rings. The van der Waals surface area contributed by atoms with Crippen LogP contribution in [-0.4, -0.2) is 129 Å². The molecule has 0 saturated carbocycles. The van der Waals surface area contributed by atoms with Crippen molar-refractivity contribution in [3.63, 3.8) is 0 Å². The lowest BCUT2D eigenvalue weighted by atomic mass is 9.80. The van der Waals surface area contributed by atoms with Gasteiger partial charge < -0.3 is 50.3 Å². The normalized spacial score (nSPS) is 25.8. The summed E-state index contributed by atoms with van der Waals surface area (Å²) in [6.07, 6.45) is -18.2. The Morgan fingerprint density at radius 2 is 1.35 bits per heavy atom. The van der Waals surface area contributed by atoms with Crippen molar-refractivity contribution in [2.45, 2.75) is 61.0 Å². The Kier molecular flexibility index (Phi) is 9.77. The number of aliphatic hydroxyl groups is 8. The van der Waals surface area contributed by atoms with Gasteiger partial charge >= 0.3 is 11.4 Å². The molecule has 1 saturated heterocycles. The van der Waals surface area contributed by atoms with Gasteiger partial charge in [0.2, 0.25) is 0 Å². The Hall–Kier alpha value is -3.54. The average molecular weight is 716 g/mol. The number of anilines is 3. The predicted molar refractivity (Wildman–Crippen MR) is 157 cm³/mol. The number of aromatic nitrogens is 4. The second-order valence-corrected chi connectivity index (χ2v) is 11.6. The number of nitrogens with one attached hydrogen (secondary N) is 4. The van der Waals surface area contributed by atoms with Gasteiger partial charge in [-0.1, -0.05) is 15.9 Å². The SMILES string of the molecule is O=c1[nH]c2c(c(=O)[nH]1)C([C@H](O[C@H]1O[C@H](CO)[C@@H](O)[C@H](O)[C@H]1O)[C@@H](O)[C@H](O)[C@H](O)CO)c1c([nH]c(=O)[nH]c1=O)N2c1ccc(Br)cc1. The molecule has 0 spiro atoms. The van der Waals surface area contributed by atoms with E-state index in [0.29, 0.717) is 4.47 Å². The Morgan fingerprint density at radius 1 is 0.804 bits per heavy atom. The van der Waals surface area contributed by atoms with E-state index in [2.05, 4.69) is 25.9 Å². The zero-order valence-corrected chi connectivity index (χ0v) is 24.9. The van der Waals surface area contributed by atoms with Crippen molar-refractivity contribution in [3.8, 4) is 0 Å². The van der Waals surface area contributed by atoms with Crippen molar-refractivity contribution >= 4 is 33.3 Å². The van der Waals surface area contributed by atoms with Gasteiger partial charge in [-0.25, -0.2) is 9.59 Å². The van der Waals surface area contributed by atoms with Crippen molar-refractivity contribution < 1.29 is 50.3 Å². The highest BCUT2D eigenvalue weighted by molar-refractivity contribution is 9.10. The lowest BCUT2D eigenvalue weighted by Gasteiger charge is -2.44. The smallest absolute Gasteiger partial charge is 0.327 e. The minimum atomic E-state index is -2.35. The van der Waals surface area contributed by atoms with Crippen molar-refractivity contribution in [1.82, 2.24) is 19.9 Å². The summed E-state index contributed by atoms with van der Waals surface area (Å²) in [4.78, 5) is 62.4. The molecule has 2 aromatic heterocycles. The fraction of sp³-hybridized carbons (Fsp3) is 0.462. The average Bonchev–Trinajstić information content (AvgIpc) is 3.02. The van der Waals surface area contributed by atoms with Crippen LogP contribution < -0.4 is 27.4 Å². The first-order chi connectivity index (χ1) is 21.8. The van der Waals surface area contributed by atoms with Gasteiger partial charge in [0, 0.05) is 10.2 Å². The van der Waals surface area contributed by atoms with Gasteiger partial charge in [0.05, 0.1) is 30.3 Å². The number of benzene rings is 1. The Bertz CT molecular complexity index is 1720. The van der Waals surface area contributed by atoms with Crippen molar-refractivity contribution in [1.29, 1.82) is 0 Å². The van der Waals surface area contributed by atoms with Crippen LogP contribution in [0.1, 0.15) is 17.0 Å². The van der Waals surface area contributed by atoms with Crippen molar-refractivity contribution in [2.24, 2.45) is 0 Å². The van der Waals surface area contributed by atoms with Crippen LogP contribution in [-0.2, 0) is 9.47 Å². The van der Waals surface area contributed by atoms with Crippen molar-refractivity contribution in [3.05, 3.63) is 81.5 Å². The van der Waals surface area contributed by atoms with Crippen LogP contribution in [0.25, 0.3) is 0 Å². The quantitative estimate of drug-likeness (QED) is 0.0991. The van der Waals surface area contributed by atoms with Gasteiger partial charge in [0.1, 0.15) is 60.5 Å². The molecule has 4 heterocycles. The molecule has 0 radical (unpaired) electrons. The molecule has 46 heavy (non-hydrogen) atoms. The molecule has 5 rings (SSSR count). The molecule has 250 valence electrons. The summed E-state index contributed by atoms with van der Waals surface area (Å²) in [5.41, 5.74) is -5.05. The van der Waals surface area contributed by atoms with Gasteiger partial charge in [-0.2, -0.15) is 0 Å². The van der Waals surface area contributed by atoms with E-state index in [0.717, 1.165) is 4.90 Å². The maximum Gasteiger partial charge on any atom is 0.327 e. The third-order valence-electron chi connectivity index (χ3n) is 7.81. The van der Waals surface area contributed by atoms with E-state index >= 15 is 0 Å². The summed E-state index contributed by atoms with van der Waals surface area (Å²) in [5, 5.41) is 82.8. The topological polar surface area (TPSA) is 315 Å². The number of nitrogens with zero attached hydrogens (tertiary/aromatic N) is 1. The minimum Gasteiger partial charge on any atom is -0.394 e. The van der Waals surface area contributed by atoms with E-state index in [-0.39, 0.29) is 17.3 Å². The number of hydrogen-bond acceptors (Lipinski definition) is 15. The van der Waals surface area contributed by atoms with Gasteiger partial charge in [0.25, 0.3) is 11.1 Å². The molecule has 2 aliphatic rings. The first-order valence-electron chi connectivity index (χ1n) is 13.7. The second kappa shape index (κ2) is 13.3. The molecule has 20 heteroatoms. The molecule has 9 atom stereocenters. The van der Waals surface area contributed by atoms with E-state index < -0.39 is 108 Å². The number of rotatable bonds is 9. The predicted octanol–water partition coefficient (Wildman–Crippen LogP) is -4.62. The van der Waals surface area contributed by atoms with Crippen LogP contribution >= 0.6 is 15.9 Å². The third-order valence-corrected chi connectivity index (χ3v) is 8.34. The molecule has 1 aromatic carbocycles. The van der Waals surface area contributed by atoms with Crippen LogP contribution in [0.15, 0.2) is 47.9 Å². The largest absolute Gasteiger partial charge is 0.394 e. The molecule has 0 amide bonds. The summed E-state index contributed by atoms with van der Waals surface area (Å²) < 4.78 is 11.9. The number of halogens is 1. The van der Waals surface area contributed by atoms with E-state index in [4.69, 9.17) is 9.47 Å². The second-order valence-electron chi connectivity index (χ2n) is 10.7. The standard InChI is InChI=1S/C26H30BrN5O14/c27-7-1-3-8(4-2-7)32-20-12(22(41)30-25(43)28-20)11(13-21(32)29-26(44)31-23(13)42)19(17(39)14(36)9(35)5-33)46-24-18(40)16(38)15(37)10(6-34)45-24/h1-4,9-11,14-19,24,33-40H,5-6H2,(H2,28,30,41,43)(H2,29,31,42,44)/t9-,10-,14-,15-,16+,17+,18-,19+,24-/m1/s1. The molecule has 2 aliphatic heterocycles. The van der Waals surface area contributed by atoms with Crippen LogP contribution in [0.4, 0.5) is 17.3 Å². The number of aliphatic hydroxyl groups excluding tert-OH is 8. The van der Waals surface area contributed by atoms with E-state index in [1.807, 2.05) is 9.97 Å². The van der Waals surface area contributed by atoms with Gasteiger partial charge in [0.15, 0.2) is 6.29 Å². The van der Waals surface area contributed by atoms with Crippen LogP contribution in [0.3, 0.4) is 0 Å². The summed E-state index contributed by atoms with van der Waals surface area (Å²) in [6, 6.07) is 6.18. The van der Waals surface area contributed by atoms with Gasteiger partial charge in [-0.15, -0.1) is 0 Å². The Balaban J connectivity index is 1.79. The lowest BCUT2D eigenvalue weighted by Crippen LogP contribution is -2.61. The fourth-order valence-corrected chi connectivity index (χ4v) is 5.82. The molecule has 0 unspecified atom stereocenters. The van der Waals surface area contributed by atoms with Crippen LogP contribution in [0.5, 0.6) is 0 Å². The number of hydrogen-bond donors (Lipinski definition) is 12. The summed E-state index contributed by atoms with van der Waals surface area (Å²) in [5.74, 6) is -2.54. The highest BCUT2D eigenvalue weighted by atomic mass is 79.9. The monoisotopic (exact) mass is 715 g/mol. The molecule has 12 N–H and O–H groups in total. The summed E-state index contributed by atoms with van der Waals surface area (Å²) in [6.45, 7) is -1.97. The van der Waals surface area contributed by atoms with Gasteiger partial charge in [-0.05, 0) is 24.3 Å². The number of aromatic amines is 4. The number of ether oxygens (including phenoxy) is 2. The minimum absolute atomic E-state index is 0.217. The zero-order valence-electron chi connectivity index (χ0n) is 23.3. The highest BCUT2D eigenvalue weighted by Gasteiger charge is 2.51. The molecule has 3 aromatic rings. The lowest BCUT2D eigenvalue weighted by molar-refractivity contribution is -0.321. The van der Waals surface area contributed by atoms with Crippen LogP contribution in [0.2, 0.25) is 0 Å². The Morgan fingerprint density at radius 3 is 1.85 bits per heavy atom. The van der Waals surface area contributed by atoms with Crippen molar-refractivity contribution in [2.75, 3.05) is 18.1 Å². The Labute approximate surface area is 264 Å². The molecule has 0 bridgehead atoms. The molecular formula is C26H30BrN5O14. The maximum absolute atomic E-state index is 13.6. The molecule has 0 aliphatic carbocycles. The number of fused-ring (bicyclic) bond motifs is 2. The van der Waals surface area contributed by atoms with E-state index in [1.165, 1.54) is 12.1 Å².